The summed E-state index contributed by atoms with van der Waals surface area (Å²) >= 11 is 0. The predicted molar refractivity (Wildman–Crippen MR) is 75.7 cm³/mol. The minimum atomic E-state index is -0.886. The number of hydrogen-bond acceptors (Lipinski definition) is 3. The third-order valence-corrected chi connectivity index (χ3v) is 3.46. The van der Waals surface area contributed by atoms with Gasteiger partial charge >= 0.3 is 0 Å². The maximum Gasteiger partial charge on any atom is 0.126 e. The summed E-state index contributed by atoms with van der Waals surface area (Å²) in [4.78, 5) is 2.02. The van der Waals surface area contributed by atoms with Crippen LogP contribution in [0.1, 0.15) is 29.4 Å². The molecular weight excluding hydrogens is 276 g/mol. The van der Waals surface area contributed by atoms with Gasteiger partial charge in [-0.2, -0.15) is 0 Å². The maximum absolute atomic E-state index is 13.1. The molecule has 0 fully saturated rings. The molecule has 1 unspecified atom stereocenters. The Balaban J connectivity index is 1.88. The summed E-state index contributed by atoms with van der Waals surface area (Å²) in [5, 5.41) is 10.0. The fourth-order valence-corrected chi connectivity index (χ4v) is 2.22. The highest BCUT2D eigenvalue weighted by molar-refractivity contribution is 5.20. The first-order valence-corrected chi connectivity index (χ1v) is 6.81. The van der Waals surface area contributed by atoms with Gasteiger partial charge in [0.2, 0.25) is 0 Å². The minimum Gasteiger partial charge on any atom is -0.469 e. The number of nitrogens with zero attached hydrogens (tertiary/aromatic N) is 1. The molecule has 0 aliphatic rings. The van der Waals surface area contributed by atoms with Gasteiger partial charge in [-0.25, -0.2) is 8.78 Å². The zero-order chi connectivity index (χ0) is 15.4. The molecule has 3 nitrogen and oxygen atoms in total. The molecular formula is C16H19F2NO2. The Morgan fingerprint density at radius 1 is 1.24 bits per heavy atom. The van der Waals surface area contributed by atoms with Crippen LogP contribution >= 0.6 is 0 Å². The lowest BCUT2D eigenvalue weighted by Gasteiger charge is -2.19. The van der Waals surface area contributed by atoms with E-state index in [1.54, 1.807) is 6.26 Å². The predicted octanol–water partition coefficient (Wildman–Crippen LogP) is 3.42. The Bertz CT molecular complexity index is 577. The van der Waals surface area contributed by atoms with Gasteiger partial charge in [0.05, 0.1) is 12.4 Å². The topological polar surface area (TPSA) is 36.6 Å². The van der Waals surface area contributed by atoms with Crippen LogP contribution in [0, 0.1) is 18.6 Å². The summed E-state index contributed by atoms with van der Waals surface area (Å²) in [6.45, 7) is 3.20. The molecule has 0 amide bonds. The van der Waals surface area contributed by atoms with Gasteiger partial charge in [-0.05, 0) is 44.2 Å². The van der Waals surface area contributed by atoms with Crippen LogP contribution in [0.4, 0.5) is 8.78 Å². The quantitative estimate of drug-likeness (QED) is 0.887. The molecule has 1 N–H and O–H groups in total. The number of aryl methyl sites for hydroxylation is 1. The van der Waals surface area contributed by atoms with Crippen molar-refractivity contribution < 1.29 is 18.3 Å². The molecule has 0 saturated carbocycles. The fourth-order valence-electron chi connectivity index (χ4n) is 2.22. The third kappa shape index (κ3) is 4.37. The Hall–Kier alpha value is -1.72. The SMILES string of the molecule is Cc1occc1CN(C)CCC(O)c1cc(F)cc(F)c1. The number of benzene rings is 1. The van der Waals surface area contributed by atoms with Crippen LogP contribution in [-0.4, -0.2) is 23.6 Å². The maximum atomic E-state index is 13.1. The molecule has 1 aromatic carbocycles. The van der Waals surface area contributed by atoms with Crippen LogP contribution in [0.2, 0.25) is 0 Å². The Labute approximate surface area is 122 Å². The average molecular weight is 295 g/mol. The summed E-state index contributed by atoms with van der Waals surface area (Å²) in [5.74, 6) is -0.479. The van der Waals surface area contributed by atoms with E-state index >= 15 is 0 Å². The van der Waals surface area contributed by atoms with Crippen molar-refractivity contribution in [3.63, 3.8) is 0 Å². The highest BCUT2D eigenvalue weighted by Crippen LogP contribution is 2.20. The van der Waals surface area contributed by atoms with Crippen molar-refractivity contribution in [3.05, 3.63) is 59.1 Å². The van der Waals surface area contributed by atoms with Crippen LogP contribution in [-0.2, 0) is 6.54 Å². The molecule has 0 radical (unpaired) electrons. The summed E-state index contributed by atoms with van der Waals surface area (Å²) in [5.41, 5.74) is 1.35. The molecule has 0 spiro atoms. The van der Waals surface area contributed by atoms with Crippen molar-refractivity contribution in [1.82, 2.24) is 4.90 Å². The first kappa shape index (κ1) is 15.7. The van der Waals surface area contributed by atoms with Gasteiger partial charge < -0.3 is 14.4 Å². The first-order valence-electron chi connectivity index (χ1n) is 6.81. The molecule has 0 bridgehead atoms. The minimum absolute atomic E-state index is 0.264. The van der Waals surface area contributed by atoms with E-state index in [1.165, 1.54) is 0 Å². The van der Waals surface area contributed by atoms with E-state index < -0.39 is 17.7 Å². The summed E-state index contributed by atoms with van der Waals surface area (Å²) < 4.78 is 31.5. The summed E-state index contributed by atoms with van der Waals surface area (Å²) in [6.07, 6.45) is 1.15. The molecule has 1 atom stereocenters. The van der Waals surface area contributed by atoms with E-state index in [1.807, 2.05) is 24.9 Å². The van der Waals surface area contributed by atoms with Crippen LogP contribution in [0.25, 0.3) is 0 Å². The standard InChI is InChI=1S/C16H19F2NO2/c1-11-12(4-6-21-11)10-19(2)5-3-16(20)13-7-14(17)9-15(18)8-13/h4,6-9,16,20H,3,5,10H2,1-2H3. The first-order chi connectivity index (χ1) is 9.95. The van der Waals surface area contributed by atoms with E-state index in [9.17, 15) is 13.9 Å². The fraction of sp³-hybridized carbons (Fsp3) is 0.375. The average Bonchev–Trinajstić information content (AvgIpc) is 2.80. The highest BCUT2D eigenvalue weighted by atomic mass is 19.1. The van der Waals surface area contributed by atoms with E-state index in [0.29, 0.717) is 19.5 Å². The third-order valence-electron chi connectivity index (χ3n) is 3.46. The lowest BCUT2D eigenvalue weighted by molar-refractivity contribution is 0.147. The second kappa shape index (κ2) is 6.83. The second-order valence-corrected chi connectivity index (χ2v) is 5.25. The van der Waals surface area contributed by atoms with Crippen LogP contribution in [0.15, 0.2) is 34.9 Å². The van der Waals surface area contributed by atoms with Crippen LogP contribution < -0.4 is 0 Å². The largest absolute Gasteiger partial charge is 0.469 e. The molecule has 5 heteroatoms. The number of aliphatic hydroxyl groups excluding tert-OH is 1. The summed E-state index contributed by atoms with van der Waals surface area (Å²) in [7, 11) is 1.92. The smallest absolute Gasteiger partial charge is 0.126 e. The van der Waals surface area contributed by atoms with Gasteiger partial charge in [0.25, 0.3) is 0 Å². The molecule has 0 aliphatic carbocycles. The summed E-state index contributed by atoms with van der Waals surface area (Å²) in [6, 6.07) is 5.02. The van der Waals surface area contributed by atoms with E-state index in [4.69, 9.17) is 4.42 Å². The van der Waals surface area contributed by atoms with Gasteiger partial charge in [0.1, 0.15) is 17.4 Å². The lowest BCUT2D eigenvalue weighted by Crippen LogP contribution is -2.21. The van der Waals surface area contributed by atoms with Gasteiger partial charge in [-0.15, -0.1) is 0 Å². The van der Waals surface area contributed by atoms with E-state index in [-0.39, 0.29) is 5.56 Å². The Kier molecular flexibility index (Phi) is 5.09. The van der Waals surface area contributed by atoms with E-state index in [0.717, 1.165) is 29.5 Å². The van der Waals surface area contributed by atoms with Gasteiger partial charge in [0, 0.05) is 24.7 Å². The molecule has 1 heterocycles. The Morgan fingerprint density at radius 3 is 2.48 bits per heavy atom. The second-order valence-electron chi connectivity index (χ2n) is 5.25. The number of aliphatic hydroxyl groups is 1. The number of hydrogen-bond donors (Lipinski definition) is 1. The molecule has 2 aromatic rings. The van der Waals surface area contributed by atoms with Crippen LogP contribution in [0.5, 0.6) is 0 Å². The zero-order valence-corrected chi connectivity index (χ0v) is 12.1. The number of furan rings is 1. The molecule has 0 aliphatic heterocycles. The van der Waals surface area contributed by atoms with Gasteiger partial charge in [-0.1, -0.05) is 0 Å². The zero-order valence-electron chi connectivity index (χ0n) is 12.1. The molecule has 1 aromatic heterocycles. The lowest BCUT2D eigenvalue weighted by atomic mass is 10.1. The monoisotopic (exact) mass is 295 g/mol. The highest BCUT2D eigenvalue weighted by Gasteiger charge is 2.12. The molecule has 21 heavy (non-hydrogen) atoms. The molecule has 0 saturated heterocycles. The Morgan fingerprint density at radius 2 is 1.90 bits per heavy atom. The van der Waals surface area contributed by atoms with Gasteiger partial charge in [-0.3, -0.25) is 0 Å². The van der Waals surface area contributed by atoms with Crippen molar-refractivity contribution in [2.45, 2.75) is 26.0 Å². The van der Waals surface area contributed by atoms with Gasteiger partial charge in [0.15, 0.2) is 0 Å². The van der Waals surface area contributed by atoms with Crippen molar-refractivity contribution in [3.8, 4) is 0 Å². The normalized spacial score (nSPS) is 12.9. The van der Waals surface area contributed by atoms with Crippen molar-refractivity contribution in [1.29, 1.82) is 0 Å². The number of halogens is 2. The van der Waals surface area contributed by atoms with Crippen molar-refractivity contribution in [2.24, 2.45) is 0 Å². The molecule has 114 valence electrons. The molecule has 2 rings (SSSR count). The van der Waals surface area contributed by atoms with Crippen LogP contribution in [0.3, 0.4) is 0 Å². The van der Waals surface area contributed by atoms with Crippen molar-refractivity contribution in [2.75, 3.05) is 13.6 Å². The van der Waals surface area contributed by atoms with E-state index in [2.05, 4.69) is 0 Å². The van der Waals surface area contributed by atoms with Crippen molar-refractivity contribution >= 4 is 0 Å². The number of rotatable bonds is 6.